The minimum absolute atomic E-state index is 0.200. The van der Waals surface area contributed by atoms with Gasteiger partial charge in [-0.1, -0.05) is 6.07 Å². The largest absolute Gasteiger partial charge is 0.454 e. The third-order valence-electron chi connectivity index (χ3n) is 3.91. The number of nitrogens with one attached hydrogen (secondary N) is 2. The van der Waals surface area contributed by atoms with Gasteiger partial charge >= 0.3 is 6.09 Å². The smallest absolute Gasteiger partial charge is 0.411 e. The molecule has 136 valence electrons. The number of anilines is 1. The van der Waals surface area contributed by atoms with Crippen molar-refractivity contribution in [3.8, 4) is 11.5 Å². The Morgan fingerprint density at radius 3 is 2.58 bits per heavy atom. The molecule has 1 heterocycles. The molecule has 0 unspecified atom stereocenters. The first-order valence-electron chi connectivity index (χ1n) is 8.31. The number of ether oxygens (including phenoxy) is 3. The molecule has 0 radical (unpaired) electrons. The van der Waals surface area contributed by atoms with Gasteiger partial charge in [0.15, 0.2) is 11.5 Å². The minimum atomic E-state index is -0.527. The first-order chi connectivity index (χ1) is 12.6. The average molecular weight is 356 g/mol. The van der Waals surface area contributed by atoms with Crippen LogP contribution in [0.25, 0.3) is 0 Å². The zero-order chi connectivity index (χ0) is 18.5. The van der Waals surface area contributed by atoms with Crippen molar-refractivity contribution in [3.63, 3.8) is 0 Å². The van der Waals surface area contributed by atoms with Gasteiger partial charge in [0.2, 0.25) is 6.79 Å². The summed E-state index contributed by atoms with van der Waals surface area (Å²) in [7, 11) is 0. The van der Waals surface area contributed by atoms with Gasteiger partial charge in [0.25, 0.3) is 5.91 Å². The molecule has 0 bridgehead atoms. The molecule has 2 aromatic rings. The SMILES string of the molecule is CCOC(=O)Nc1ccc(C(=O)N[C@@H](C)c2ccc3c(c2)OCO3)cc1. The summed E-state index contributed by atoms with van der Waals surface area (Å²) in [6.07, 6.45) is -0.527. The van der Waals surface area contributed by atoms with Crippen LogP contribution in [0.5, 0.6) is 11.5 Å². The van der Waals surface area contributed by atoms with E-state index in [1.807, 2.05) is 25.1 Å². The Labute approximate surface area is 151 Å². The Bertz CT molecular complexity index is 804. The summed E-state index contributed by atoms with van der Waals surface area (Å²) < 4.78 is 15.5. The van der Waals surface area contributed by atoms with E-state index in [2.05, 4.69) is 10.6 Å². The normalized spacial score (nSPS) is 13.0. The Balaban J connectivity index is 1.61. The summed E-state index contributed by atoms with van der Waals surface area (Å²) in [5, 5.41) is 5.52. The van der Waals surface area contributed by atoms with Crippen molar-refractivity contribution in [2.75, 3.05) is 18.7 Å². The number of fused-ring (bicyclic) bond motifs is 1. The maximum Gasteiger partial charge on any atom is 0.411 e. The first-order valence-corrected chi connectivity index (χ1v) is 8.31. The van der Waals surface area contributed by atoms with E-state index < -0.39 is 6.09 Å². The molecule has 26 heavy (non-hydrogen) atoms. The minimum Gasteiger partial charge on any atom is -0.454 e. The van der Waals surface area contributed by atoms with Crippen LogP contribution in [0, 0.1) is 0 Å². The highest BCUT2D eigenvalue weighted by atomic mass is 16.7. The van der Waals surface area contributed by atoms with Gasteiger partial charge in [0.1, 0.15) is 0 Å². The monoisotopic (exact) mass is 356 g/mol. The van der Waals surface area contributed by atoms with E-state index in [0.29, 0.717) is 29.4 Å². The van der Waals surface area contributed by atoms with E-state index in [4.69, 9.17) is 14.2 Å². The first kappa shape index (κ1) is 17.6. The van der Waals surface area contributed by atoms with Gasteiger partial charge in [0, 0.05) is 11.3 Å². The third-order valence-corrected chi connectivity index (χ3v) is 3.91. The highest BCUT2D eigenvalue weighted by molar-refractivity contribution is 5.95. The molecule has 0 aromatic heterocycles. The number of amides is 2. The summed E-state index contributed by atoms with van der Waals surface area (Å²) in [5.74, 6) is 1.17. The molecular weight excluding hydrogens is 336 g/mol. The number of carbonyl (C=O) groups excluding carboxylic acids is 2. The van der Waals surface area contributed by atoms with Gasteiger partial charge in [-0.2, -0.15) is 0 Å². The predicted octanol–water partition coefficient (Wildman–Crippen LogP) is 3.47. The molecule has 2 amide bonds. The molecule has 7 nitrogen and oxygen atoms in total. The molecule has 1 atom stereocenters. The second kappa shape index (κ2) is 7.77. The van der Waals surface area contributed by atoms with Crippen LogP contribution >= 0.6 is 0 Å². The molecule has 0 saturated carbocycles. The Kier molecular flexibility index (Phi) is 5.26. The maximum absolute atomic E-state index is 12.4. The molecule has 0 spiro atoms. The van der Waals surface area contributed by atoms with Gasteiger partial charge < -0.3 is 19.5 Å². The topological polar surface area (TPSA) is 85.9 Å². The predicted molar refractivity (Wildman–Crippen MR) is 95.5 cm³/mol. The molecule has 0 aliphatic carbocycles. The fraction of sp³-hybridized carbons (Fsp3) is 0.263. The van der Waals surface area contributed by atoms with E-state index in [0.717, 1.165) is 5.56 Å². The Hall–Kier alpha value is -3.22. The van der Waals surface area contributed by atoms with Crippen LogP contribution in [0.2, 0.25) is 0 Å². The fourth-order valence-electron chi connectivity index (χ4n) is 2.54. The van der Waals surface area contributed by atoms with Crippen molar-refractivity contribution in [1.29, 1.82) is 0 Å². The van der Waals surface area contributed by atoms with Crippen molar-refractivity contribution >= 4 is 17.7 Å². The fourth-order valence-corrected chi connectivity index (χ4v) is 2.54. The van der Waals surface area contributed by atoms with Crippen molar-refractivity contribution in [2.24, 2.45) is 0 Å². The molecule has 2 aromatic carbocycles. The van der Waals surface area contributed by atoms with Gasteiger partial charge in [-0.25, -0.2) is 4.79 Å². The van der Waals surface area contributed by atoms with Crippen LogP contribution in [0.1, 0.15) is 35.8 Å². The van der Waals surface area contributed by atoms with Crippen molar-refractivity contribution < 1.29 is 23.8 Å². The summed E-state index contributed by atoms with van der Waals surface area (Å²) in [6.45, 7) is 4.14. The van der Waals surface area contributed by atoms with Crippen LogP contribution in [0.3, 0.4) is 0 Å². The molecule has 2 N–H and O–H groups in total. The summed E-state index contributed by atoms with van der Waals surface area (Å²) in [5.41, 5.74) is 1.97. The lowest BCUT2D eigenvalue weighted by Crippen LogP contribution is -2.26. The van der Waals surface area contributed by atoms with Crippen molar-refractivity contribution in [3.05, 3.63) is 53.6 Å². The molecule has 1 aliphatic heterocycles. The molecule has 1 aliphatic rings. The third kappa shape index (κ3) is 4.05. The lowest BCUT2D eigenvalue weighted by atomic mass is 10.1. The number of carbonyl (C=O) groups is 2. The quantitative estimate of drug-likeness (QED) is 0.857. The van der Waals surface area contributed by atoms with E-state index in [1.54, 1.807) is 31.2 Å². The molecular formula is C19H20N2O5. The lowest BCUT2D eigenvalue weighted by Gasteiger charge is -2.15. The number of benzene rings is 2. The summed E-state index contributed by atoms with van der Waals surface area (Å²) in [4.78, 5) is 23.8. The highest BCUT2D eigenvalue weighted by Gasteiger charge is 2.17. The second-order valence-corrected chi connectivity index (χ2v) is 5.73. The van der Waals surface area contributed by atoms with E-state index in [9.17, 15) is 9.59 Å². The van der Waals surface area contributed by atoms with Crippen molar-refractivity contribution in [2.45, 2.75) is 19.9 Å². The molecule has 0 fully saturated rings. The van der Waals surface area contributed by atoms with Crippen LogP contribution in [0.15, 0.2) is 42.5 Å². The zero-order valence-corrected chi connectivity index (χ0v) is 14.6. The standard InChI is InChI=1S/C19H20N2O5/c1-3-24-19(23)21-15-7-4-13(5-8-15)18(22)20-12(2)14-6-9-16-17(10-14)26-11-25-16/h4-10,12H,3,11H2,1-2H3,(H,20,22)(H,21,23)/t12-/m0/s1. The lowest BCUT2D eigenvalue weighted by molar-refractivity contribution is 0.0939. The number of rotatable bonds is 5. The van der Waals surface area contributed by atoms with Crippen LogP contribution in [0.4, 0.5) is 10.5 Å². The van der Waals surface area contributed by atoms with Gasteiger partial charge in [-0.3, -0.25) is 10.1 Å². The summed E-state index contributed by atoms with van der Waals surface area (Å²) >= 11 is 0. The van der Waals surface area contributed by atoms with Gasteiger partial charge in [-0.05, 0) is 55.8 Å². The van der Waals surface area contributed by atoms with Gasteiger partial charge in [-0.15, -0.1) is 0 Å². The number of hydrogen-bond donors (Lipinski definition) is 2. The Morgan fingerprint density at radius 2 is 1.85 bits per heavy atom. The van der Waals surface area contributed by atoms with E-state index in [1.165, 1.54) is 0 Å². The average Bonchev–Trinajstić information content (AvgIpc) is 3.10. The summed E-state index contributed by atoms with van der Waals surface area (Å²) in [6, 6.07) is 12.0. The van der Waals surface area contributed by atoms with Crippen LogP contribution in [-0.2, 0) is 4.74 Å². The van der Waals surface area contributed by atoms with Crippen LogP contribution < -0.4 is 20.1 Å². The van der Waals surface area contributed by atoms with E-state index >= 15 is 0 Å². The maximum atomic E-state index is 12.4. The highest BCUT2D eigenvalue weighted by Crippen LogP contribution is 2.34. The molecule has 3 rings (SSSR count). The van der Waals surface area contributed by atoms with Crippen molar-refractivity contribution in [1.82, 2.24) is 5.32 Å². The second-order valence-electron chi connectivity index (χ2n) is 5.73. The Morgan fingerprint density at radius 1 is 1.12 bits per heavy atom. The molecule has 7 heteroatoms. The van der Waals surface area contributed by atoms with E-state index in [-0.39, 0.29) is 18.7 Å². The zero-order valence-electron chi connectivity index (χ0n) is 14.6. The molecule has 0 saturated heterocycles. The van der Waals surface area contributed by atoms with Crippen LogP contribution in [-0.4, -0.2) is 25.4 Å². The van der Waals surface area contributed by atoms with Gasteiger partial charge in [0.05, 0.1) is 12.6 Å². The number of hydrogen-bond acceptors (Lipinski definition) is 5.